The predicted octanol–water partition coefficient (Wildman–Crippen LogP) is 3.84. The van der Waals surface area contributed by atoms with Crippen molar-refractivity contribution in [2.24, 2.45) is 5.92 Å². The summed E-state index contributed by atoms with van der Waals surface area (Å²) in [6.07, 6.45) is 7.30. The summed E-state index contributed by atoms with van der Waals surface area (Å²) in [6.45, 7) is 0.854. The number of amides is 1. The van der Waals surface area contributed by atoms with Crippen LogP contribution in [-0.2, 0) is 0 Å². The van der Waals surface area contributed by atoms with Crippen molar-refractivity contribution in [1.29, 1.82) is 0 Å². The molecule has 1 aromatic carbocycles. The molecular formula is C16H21NO2. The highest BCUT2D eigenvalue weighted by Crippen LogP contribution is 2.35. The van der Waals surface area contributed by atoms with E-state index in [0.717, 1.165) is 19.4 Å². The van der Waals surface area contributed by atoms with Crippen molar-refractivity contribution in [3.8, 4) is 5.75 Å². The molecule has 2 aliphatic rings. The lowest BCUT2D eigenvalue weighted by molar-refractivity contribution is 0.132. The lowest BCUT2D eigenvalue weighted by Gasteiger charge is -2.28. The quantitative estimate of drug-likeness (QED) is 0.807. The van der Waals surface area contributed by atoms with Crippen LogP contribution in [0.15, 0.2) is 30.3 Å². The van der Waals surface area contributed by atoms with E-state index in [1.807, 2.05) is 35.2 Å². The van der Waals surface area contributed by atoms with Gasteiger partial charge < -0.3 is 9.64 Å². The zero-order valence-electron chi connectivity index (χ0n) is 11.3. The van der Waals surface area contributed by atoms with Gasteiger partial charge in [-0.1, -0.05) is 31.0 Å². The highest BCUT2D eigenvalue weighted by Gasteiger charge is 2.36. The molecule has 1 saturated heterocycles. The Hall–Kier alpha value is -1.51. The van der Waals surface area contributed by atoms with Crippen LogP contribution in [-0.4, -0.2) is 23.6 Å². The Bertz CT molecular complexity index is 426. The van der Waals surface area contributed by atoms with Crippen molar-refractivity contribution in [2.75, 3.05) is 6.54 Å². The number of hydrogen-bond donors (Lipinski definition) is 0. The van der Waals surface area contributed by atoms with E-state index in [-0.39, 0.29) is 6.09 Å². The summed E-state index contributed by atoms with van der Waals surface area (Å²) in [5, 5.41) is 0. The number of likely N-dealkylation sites (tertiary alicyclic amines) is 1. The molecule has 1 aliphatic carbocycles. The number of para-hydroxylation sites is 1. The van der Waals surface area contributed by atoms with Gasteiger partial charge in [0.1, 0.15) is 5.75 Å². The van der Waals surface area contributed by atoms with Gasteiger partial charge in [0.25, 0.3) is 0 Å². The summed E-state index contributed by atoms with van der Waals surface area (Å²) in [7, 11) is 0. The first-order valence-electron chi connectivity index (χ1n) is 7.38. The third-order valence-electron chi connectivity index (χ3n) is 4.43. The fraction of sp³-hybridized carbons (Fsp3) is 0.562. The molecule has 3 nitrogen and oxygen atoms in total. The molecule has 1 aromatic rings. The lowest BCUT2D eigenvalue weighted by atomic mass is 9.96. The Kier molecular flexibility index (Phi) is 3.72. The molecule has 1 atom stereocenters. The summed E-state index contributed by atoms with van der Waals surface area (Å²) in [6, 6.07) is 9.78. The van der Waals surface area contributed by atoms with Crippen molar-refractivity contribution in [2.45, 2.75) is 44.6 Å². The lowest BCUT2D eigenvalue weighted by Crippen LogP contribution is -2.41. The monoisotopic (exact) mass is 259 g/mol. The first kappa shape index (κ1) is 12.5. The topological polar surface area (TPSA) is 29.5 Å². The standard InChI is InChI=1S/C16H21NO2/c18-16(19-14-9-2-1-3-10-14)17-12-6-11-15(17)13-7-4-5-8-13/h1-3,9-10,13,15H,4-8,11-12H2. The van der Waals surface area contributed by atoms with Gasteiger partial charge in [0.15, 0.2) is 0 Å². The molecule has 1 aliphatic heterocycles. The molecular weight excluding hydrogens is 238 g/mol. The number of ether oxygens (including phenoxy) is 1. The van der Waals surface area contributed by atoms with Gasteiger partial charge in [-0.3, -0.25) is 0 Å². The molecule has 102 valence electrons. The molecule has 0 N–H and O–H groups in total. The maximum atomic E-state index is 12.3. The molecule has 1 amide bonds. The molecule has 0 aromatic heterocycles. The van der Waals surface area contributed by atoms with Crippen LogP contribution in [0.2, 0.25) is 0 Å². The molecule has 1 unspecified atom stereocenters. The fourth-order valence-electron chi connectivity index (χ4n) is 3.50. The van der Waals surface area contributed by atoms with Gasteiger partial charge in [0.05, 0.1) is 0 Å². The maximum Gasteiger partial charge on any atom is 0.415 e. The van der Waals surface area contributed by atoms with Crippen LogP contribution in [0.1, 0.15) is 38.5 Å². The van der Waals surface area contributed by atoms with Crippen molar-refractivity contribution in [3.05, 3.63) is 30.3 Å². The van der Waals surface area contributed by atoms with E-state index >= 15 is 0 Å². The molecule has 0 bridgehead atoms. The number of nitrogens with zero attached hydrogens (tertiary/aromatic N) is 1. The Morgan fingerprint density at radius 3 is 2.53 bits per heavy atom. The molecule has 0 radical (unpaired) electrons. The van der Waals surface area contributed by atoms with Crippen molar-refractivity contribution >= 4 is 6.09 Å². The normalized spacial score (nSPS) is 23.8. The van der Waals surface area contributed by atoms with Gasteiger partial charge in [0.2, 0.25) is 0 Å². The predicted molar refractivity (Wildman–Crippen MR) is 74.2 cm³/mol. The van der Waals surface area contributed by atoms with E-state index in [2.05, 4.69) is 0 Å². The SMILES string of the molecule is O=C(Oc1ccccc1)N1CCCC1C1CCCC1. The maximum absolute atomic E-state index is 12.3. The van der Waals surface area contributed by atoms with E-state index in [1.165, 1.54) is 25.7 Å². The largest absolute Gasteiger partial charge is 0.415 e. The van der Waals surface area contributed by atoms with Gasteiger partial charge in [-0.2, -0.15) is 0 Å². The van der Waals surface area contributed by atoms with Crippen LogP contribution in [0.5, 0.6) is 5.75 Å². The summed E-state index contributed by atoms with van der Waals surface area (Å²) in [5.74, 6) is 1.34. The van der Waals surface area contributed by atoms with Crippen LogP contribution in [0, 0.1) is 5.92 Å². The second kappa shape index (κ2) is 5.64. The summed E-state index contributed by atoms with van der Waals surface area (Å²) >= 11 is 0. The summed E-state index contributed by atoms with van der Waals surface area (Å²) in [4.78, 5) is 14.2. The molecule has 2 fully saturated rings. The second-order valence-corrected chi connectivity index (χ2v) is 5.63. The van der Waals surface area contributed by atoms with Crippen LogP contribution >= 0.6 is 0 Å². The number of benzene rings is 1. The zero-order valence-corrected chi connectivity index (χ0v) is 11.3. The van der Waals surface area contributed by atoms with Crippen LogP contribution < -0.4 is 4.74 Å². The van der Waals surface area contributed by atoms with Crippen molar-refractivity contribution < 1.29 is 9.53 Å². The number of rotatable bonds is 2. The fourth-order valence-corrected chi connectivity index (χ4v) is 3.50. The van der Waals surface area contributed by atoms with Crippen LogP contribution in [0.4, 0.5) is 4.79 Å². The van der Waals surface area contributed by atoms with E-state index in [9.17, 15) is 4.79 Å². The Morgan fingerprint density at radius 1 is 1.05 bits per heavy atom. The third-order valence-corrected chi connectivity index (χ3v) is 4.43. The van der Waals surface area contributed by atoms with E-state index in [4.69, 9.17) is 4.74 Å². The smallest absolute Gasteiger partial charge is 0.410 e. The van der Waals surface area contributed by atoms with Crippen molar-refractivity contribution in [1.82, 2.24) is 4.90 Å². The van der Waals surface area contributed by atoms with E-state index < -0.39 is 0 Å². The summed E-state index contributed by atoms with van der Waals surface area (Å²) < 4.78 is 5.48. The molecule has 3 heteroatoms. The number of carbonyl (C=O) groups is 1. The highest BCUT2D eigenvalue weighted by atomic mass is 16.6. The summed E-state index contributed by atoms with van der Waals surface area (Å²) in [5.41, 5.74) is 0. The average Bonchev–Trinajstić information content (AvgIpc) is 3.10. The van der Waals surface area contributed by atoms with Gasteiger partial charge >= 0.3 is 6.09 Å². The average molecular weight is 259 g/mol. The highest BCUT2D eigenvalue weighted by molar-refractivity contribution is 5.71. The van der Waals surface area contributed by atoms with Crippen LogP contribution in [0.3, 0.4) is 0 Å². The van der Waals surface area contributed by atoms with Gasteiger partial charge in [-0.05, 0) is 43.7 Å². The zero-order chi connectivity index (χ0) is 13.1. The number of carbonyl (C=O) groups excluding carboxylic acids is 1. The molecule has 3 rings (SSSR count). The molecule has 1 heterocycles. The minimum Gasteiger partial charge on any atom is -0.410 e. The van der Waals surface area contributed by atoms with E-state index in [1.54, 1.807) is 0 Å². The first-order valence-corrected chi connectivity index (χ1v) is 7.38. The van der Waals surface area contributed by atoms with Crippen molar-refractivity contribution in [3.63, 3.8) is 0 Å². The minimum absolute atomic E-state index is 0.166. The number of hydrogen-bond acceptors (Lipinski definition) is 2. The molecule has 1 saturated carbocycles. The molecule has 19 heavy (non-hydrogen) atoms. The van der Waals surface area contributed by atoms with E-state index in [0.29, 0.717) is 17.7 Å². The minimum atomic E-state index is -0.166. The molecule has 0 spiro atoms. The Labute approximate surface area is 114 Å². The van der Waals surface area contributed by atoms with Gasteiger partial charge in [0, 0.05) is 12.6 Å². The second-order valence-electron chi connectivity index (χ2n) is 5.63. The van der Waals surface area contributed by atoms with Crippen LogP contribution in [0.25, 0.3) is 0 Å². The Morgan fingerprint density at radius 2 is 1.79 bits per heavy atom. The Balaban J connectivity index is 1.65. The van der Waals surface area contributed by atoms with Gasteiger partial charge in [-0.25, -0.2) is 4.79 Å². The third kappa shape index (κ3) is 2.75. The first-order chi connectivity index (χ1) is 9.34. The van der Waals surface area contributed by atoms with Gasteiger partial charge in [-0.15, -0.1) is 0 Å².